The van der Waals surface area contributed by atoms with Crippen LogP contribution in [-0.4, -0.2) is 24.3 Å². The Morgan fingerprint density at radius 2 is 2.15 bits per heavy atom. The second-order valence-corrected chi connectivity index (χ2v) is 3.84. The van der Waals surface area contributed by atoms with Gasteiger partial charge in [-0.3, -0.25) is 0 Å². The Labute approximate surface area is 91.9 Å². The summed E-state index contributed by atoms with van der Waals surface area (Å²) in [6.07, 6.45) is 0.135. The van der Waals surface area contributed by atoms with Crippen LogP contribution in [0.25, 0.3) is 0 Å². The summed E-state index contributed by atoms with van der Waals surface area (Å²) < 4.78 is 31.3. The van der Waals surface area contributed by atoms with Gasteiger partial charge in [-0.05, 0) is 30.6 Å². The molecular weight excluding hydrogens is 230 g/mol. The minimum atomic E-state index is -0.458. The van der Waals surface area contributed by atoms with E-state index in [1.807, 2.05) is 0 Å². The summed E-state index contributed by atoms with van der Waals surface area (Å²) in [4.78, 5) is 1.71. The minimum Gasteiger partial charge on any atom is -0.391 e. The normalized spacial score (nSPS) is 26.6. The average Bonchev–Trinajstić information content (AvgIpc) is 2.71. The van der Waals surface area contributed by atoms with E-state index >= 15 is 0 Å². The zero-order valence-corrected chi connectivity index (χ0v) is 8.56. The zero-order chi connectivity index (χ0) is 12.7. The van der Waals surface area contributed by atoms with Crippen molar-refractivity contribution >= 4 is 21.6 Å². The molecule has 0 saturated carbocycles. The van der Waals surface area contributed by atoms with Crippen molar-refractivity contribution in [1.29, 1.82) is 0 Å². The van der Waals surface area contributed by atoms with Gasteiger partial charge in [0.1, 0.15) is 0 Å². The fourth-order valence-electron chi connectivity index (χ4n) is 1.39. The van der Waals surface area contributed by atoms with E-state index in [2.05, 4.69) is 15.9 Å². The molecule has 1 aromatic carbocycles. The predicted octanol–water partition coefficient (Wildman–Crippen LogP) is 2.02. The SMILES string of the molecule is [2H]c1c([2H])c(N2CCC(O)C2)c([2H])c([2H])c1Br. The van der Waals surface area contributed by atoms with Crippen molar-refractivity contribution in [2.45, 2.75) is 12.5 Å². The van der Waals surface area contributed by atoms with Gasteiger partial charge in [0.2, 0.25) is 0 Å². The monoisotopic (exact) mass is 245 g/mol. The van der Waals surface area contributed by atoms with Gasteiger partial charge >= 0.3 is 0 Å². The van der Waals surface area contributed by atoms with E-state index in [1.54, 1.807) is 4.90 Å². The molecule has 1 aromatic rings. The lowest BCUT2D eigenvalue weighted by molar-refractivity contribution is 0.198. The van der Waals surface area contributed by atoms with Crippen molar-refractivity contribution in [2.24, 2.45) is 0 Å². The van der Waals surface area contributed by atoms with Crippen LogP contribution in [0, 0.1) is 0 Å². The maximum absolute atomic E-state index is 9.47. The van der Waals surface area contributed by atoms with Crippen LogP contribution in [0.2, 0.25) is 0 Å². The smallest absolute Gasteiger partial charge is 0.0731 e. The molecule has 2 nitrogen and oxygen atoms in total. The summed E-state index contributed by atoms with van der Waals surface area (Å²) in [5.41, 5.74) is 0.278. The van der Waals surface area contributed by atoms with Gasteiger partial charge in [-0.15, -0.1) is 0 Å². The Bertz CT molecular complexity index is 439. The number of hydrogen-bond acceptors (Lipinski definition) is 2. The van der Waals surface area contributed by atoms with Gasteiger partial charge in [-0.2, -0.15) is 0 Å². The minimum absolute atomic E-state index is 0.0630. The Morgan fingerprint density at radius 3 is 2.69 bits per heavy atom. The predicted molar refractivity (Wildman–Crippen MR) is 57.0 cm³/mol. The first kappa shape index (κ1) is 5.37. The first-order valence-corrected chi connectivity index (χ1v) is 4.91. The molecule has 0 amide bonds. The Morgan fingerprint density at radius 1 is 1.46 bits per heavy atom. The van der Waals surface area contributed by atoms with Crippen molar-refractivity contribution < 1.29 is 10.6 Å². The summed E-state index contributed by atoms with van der Waals surface area (Å²) >= 11 is 3.05. The van der Waals surface area contributed by atoms with Crippen LogP contribution in [0.5, 0.6) is 0 Å². The van der Waals surface area contributed by atoms with Crippen molar-refractivity contribution in [2.75, 3.05) is 18.0 Å². The molecule has 1 aliphatic heterocycles. The van der Waals surface area contributed by atoms with Crippen LogP contribution in [0.1, 0.15) is 11.9 Å². The van der Waals surface area contributed by atoms with Crippen LogP contribution >= 0.6 is 15.9 Å². The molecule has 2 rings (SSSR count). The lowest BCUT2D eigenvalue weighted by atomic mass is 10.3. The van der Waals surface area contributed by atoms with Crippen LogP contribution in [-0.2, 0) is 0 Å². The van der Waals surface area contributed by atoms with Gasteiger partial charge in [-0.1, -0.05) is 15.9 Å². The highest BCUT2D eigenvalue weighted by molar-refractivity contribution is 9.10. The number of halogens is 1. The van der Waals surface area contributed by atoms with Crippen molar-refractivity contribution in [3.8, 4) is 0 Å². The van der Waals surface area contributed by atoms with Gasteiger partial charge in [0.05, 0.1) is 11.6 Å². The van der Waals surface area contributed by atoms with E-state index in [0.29, 0.717) is 19.5 Å². The highest BCUT2D eigenvalue weighted by atomic mass is 79.9. The number of aliphatic hydroxyl groups excluding tert-OH is 1. The molecule has 1 N–H and O–H groups in total. The number of nitrogens with zero attached hydrogens (tertiary/aromatic N) is 1. The highest BCUT2D eigenvalue weighted by Gasteiger charge is 2.19. The molecule has 1 unspecified atom stereocenters. The first-order chi connectivity index (χ1) is 7.93. The molecule has 0 aliphatic carbocycles. The standard InChI is InChI=1S/C10H12BrNO/c11-8-1-3-9(4-2-8)12-6-5-10(13)7-12/h1-4,10,13H,5-7H2/i1D,2D,3D,4D. The zero-order valence-electron chi connectivity index (χ0n) is 11.0. The third-order valence-electron chi connectivity index (χ3n) is 2.06. The molecule has 1 atom stereocenters. The van der Waals surface area contributed by atoms with Gasteiger partial charge in [0, 0.05) is 23.2 Å². The van der Waals surface area contributed by atoms with Gasteiger partial charge < -0.3 is 10.0 Å². The Balaban J connectivity index is 2.54. The maximum atomic E-state index is 9.47. The van der Waals surface area contributed by atoms with E-state index in [1.165, 1.54) is 0 Å². The lowest BCUT2D eigenvalue weighted by Crippen LogP contribution is -2.20. The molecular formula is C10H12BrNO. The average molecular weight is 246 g/mol. The van der Waals surface area contributed by atoms with Crippen molar-refractivity contribution in [3.05, 3.63) is 28.6 Å². The van der Waals surface area contributed by atoms with E-state index in [4.69, 9.17) is 5.48 Å². The van der Waals surface area contributed by atoms with E-state index in [-0.39, 0.29) is 34.3 Å². The van der Waals surface area contributed by atoms with Gasteiger partial charge in [0.15, 0.2) is 0 Å². The number of hydrogen-bond donors (Lipinski definition) is 1. The van der Waals surface area contributed by atoms with E-state index < -0.39 is 6.10 Å². The maximum Gasteiger partial charge on any atom is 0.0731 e. The molecule has 0 spiro atoms. The van der Waals surface area contributed by atoms with Crippen LogP contribution in [0.4, 0.5) is 5.69 Å². The largest absolute Gasteiger partial charge is 0.391 e. The molecule has 1 aliphatic rings. The summed E-state index contributed by atoms with van der Waals surface area (Å²) in [6.45, 7) is 0.914. The lowest BCUT2D eigenvalue weighted by Gasteiger charge is -2.17. The first-order valence-electron chi connectivity index (χ1n) is 6.12. The Kier molecular flexibility index (Phi) is 1.52. The topological polar surface area (TPSA) is 23.5 Å². The molecule has 0 radical (unpaired) electrons. The molecule has 1 saturated heterocycles. The molecule has 13 heavy (non-hydrogen) atoms. The third kappa shape index (κ3) is 2.03. The number of benzene rings is 1. The molecule has 0 bridgehead atoms. The quantitative estimate of drug-likeness (QED) is 0.819. The summed E-state index contributed by atoms with van der Waals surface area (Å²) in [5.74, 6) is 0. The van der Waals surface area contributed by atoms with Crippen molar-refractivity contribution in [3.63, 3.8) is 0 Å². The summed E-state index contributed by atoms with van der Waals surface area (Å²) in [6, 6.07) is -0.288. The van der Waals surface area contributed by atoms with E-state index in [0.717, 1.165) is 0 Å². The summed E-state index contributed by atoms with van der Waals surface area (Å²) in [5, 5.41) is 9.47. The molecule has 1 heterocycles. The van der Waals surface area contributed by atoms with Crippen LogP contribution in [0.3, 0.4) is 0 Å². The van der Waals surface area contributed by atoms with Crippen LogP contribution < -0.4 is 4.90 Å². The van der Waals surface area contributed by atoms with Gasteiger partial charge in [-0.25, -0.2) is 0 Å². The summed E-state index contributed by atoms with van der Waals surface area (Å²) in [7, 11) is 0. The highest BCUT2D eigenvalue weighted by Crippen LogP contribution is 2.22. The molecule has 3 heteroatoms. The molecule has 0 aromatic heterocycles. The Hall–Kier alpha value is -0.540. The number of aliphatic hydroxyl groups is 1. The molecule has 1 fully saturated rings. The number of anilines is 1. The van der Waals surface area contributed by atoms with E-state index in [9.17, 15) is 5.11 Å². The second-order valence-electron chi connectivity index (χ2n) is 3.05. The number of β-amino-alcohol motifs (C(OH)–C–C–N with tert-alkyl or cyclic N) is 1. The van der Waals surface area contributed by atoms with Gasteiger partial charge in [0.25, 0.3) is 0 Å². The second kappa shape index (κ2) is 3.68. The third-order valence-corrected chi connectivity index (χ3v) is 2.46. The fraction of sp³-hybridized carbons (Fsp3) is 0.400. The fourth-order valence-corrected chi connectivity index (χ4v) is 1.59. The van der Waals surface area contributed by atoms with Crippen LogP contribution in [0.15, 0.2) is 28.6 Å². The molecule has 70 valence electrons. The van der Waals surface area contributed by atoms with Crippen molar-refractivity contribution in [1.82, 2.24) is 0 Å². The number of rotatable bonds is 1.